The van der Waals surface area contributed by atoms with Gasteiger partial charge in [-0.05, 0) is 42.0 Å². The van der Waals surface area contributed by atoms with E-state index < -0.39 is 0 Å². The second kappa shape index (κ2) is 5.12. The van der Waals surface area contributed by atoms with Crippen LogP contribution in [0.4, 0.5) is 0 Å². The van der Waals surface area contributed by atoms with Crippen LogP contribution < -0.4 is 5.73 Å². The normalized spacial score (nSPS) is 17.5. The Morgan fingerprint density at radius 3 is 3.12 bits per heavy atom. The van der Waals surface area contributed by atoms with Crippen molar-refractivity contribution < 1.29 is 4.74 Å². The third-order valence-corrected chi connectivity index (χ3v) is 3.02. The summed E-state index contributed by atoms with van der Waals surface area (Å²) in [7, 11) is 0. The lowest BCUT2D eigenvalue weighted by Gasteiger charge is -2.21. The van der Waals surface area contributed by atoms with E-state index in [2.05, 4.69) is 11.9 Å². The zero-order valence-electron chi connectivity index (χ0n) is 9.65. The third kappa shape index (κ3) is 2.25. The lowest BCUT2D eigenvalue weighted by molar-refractivity contribution is 0.221. The Morgan fingerprint density at radius 1 is 1.56 bits per heavy atom. The van der Waals surface area contributed by atoms with Gasteiger partial charge in [-0.25, -0.2) is 0 Å². The highest BCUT2D eigenvalue weighted by Gasteiger charge is 2.17. The molecule has 0 saturated heterocycles. The highest BCUT2D eigenvalue weighted by molar-refractivity contribution is 5.32. The predicted octanol–water partition coefficient (Wildman–Crippen LogP) is 2.34. The van der Waals surface area contributed by atoms with Crippen molar-refractivity contribution in [1.82, 2.24) is 4.98 Å². The number of hydrogen-bond acceptors (Lipinski definition) is 3. The van der Waals surface area contributed by atoms with E-state index in [4.69, 9.17) is 10.5 Å². The molecular formula is C13H18N2O. The average Bonchev–Trinajstić information content (AvgIpc) is 2.39. The van der Waals surface area contributed by atoms with E-state index in [1.54, 1.807) is 6.20 Å². The highest BCUT2D eigenvalue weighted by atomic mass is 16.5. The molecule has 0 aliphatic carbocycles. The first-order valence-corrected chi connectivity index (χ1v) is 5.82. The van der Waals surface area contributed by atoms with Crippen molar-refractivity contribution in [3.63, 3.8) is 0 Å². The van der Waals surface area contributed by atoms with Crippen LogP contribution in [0.25, 0.3) is 0 Å². The Kier molecular flexibility index (Phi) is 3.57. The molecule has 0 fully saturated rings. The summed E-state index contributed by atoms with van der Waals surface area (Å²) in [5.74, 6) is 0. The Hall–Kier alpha value is -1.35. The summed E-state index contributed by atoms with van der Waals surface area (Å²) >= 11 is 0. The van der Waals surface area contributed by atoms with Gasteiger partial charge in [-0.2, -0.15) is 0 Å². The Morgan fingerprint density at radius 2 is 2.44 bits per heavy atom. The van der Waals surface area contributed by atoms with Crippen LogP contribution in [0.2, 0.25) is 0 Å². The zero-order chi connectivity index (χ0) is 11.4. The van der Waals surface area contributed by atoms with Crippen LogP contribution in [0.3, 0.4) is 0 Å². The van der Waals surface area contributed by atoms with Crippen LogP contribution in [0.1, 0.15) is 36.9 Å². The Labute approximate surface area is 96.3 Å². The number of pyridine rings is 1. The van der Waals surface area contributed by atoms with Crippen LogP contribution in [0, 0.1) is 0 Å². The smallest absolute Gasteiger partial charge is 0.0876 e. The van der Waals surface area contributed by atoms with Gasteiger partial charge in [0.2, 0.25) is 0 Å². The molecule has 0 radical (unpaired) electrons. The van der Waals surface area contributed by atoms with Gasteiger partial charge in [0.25, 0.3) is 0 Å². The molecule has 0 amide bonds. The molecule has 0 bridgehead atoms. The summed E-state index contributed by atoms with van der Waals surface area (Å²) in [4.78, 5) is 4.14. The maximum Gasteiger partial charge on any atom is 0.0876 e. The quantitative estimate of drug-likeness (QED) is 0.847. The van der Waals surface area contributed by atoms with E-state index in [9.17, 15) is 0 Å². The molecule has 1 aliphatic rings. The SMILES string of the molecule is CCc1cnccc1C(N)C1=COCCC1. The number of rotatable bonds is 3. The van der Waals surface area contributed by atoms with Gasteiger partial charge in [-0.15, -0.1) is 0 Å². The van der Waals surface area contributed by atoms with Crippen molar-refractivity contribution in [3.05, 3.63) is 41.4 Å². The summed E-state index contributed by atoms with van der Waals surface area (Å²) in [6.45, 7) is 2.94. The molecular weight excluding hydrogens is 200 g/mol. The summed E-state index contributed by atoms with van der Waals surface area (Å²) in [6.07, 6.45) is 8.59. The molecule has 0 spiro atoms. The van der Waals surface area contributed by atoms with E-state index in [-0.39, 0.29) is 6.04 Å². The molecule has 1 unspecified atom stereocenters. The predicted molar refractivity (Wildman–Crippen MR) is 63.8 cm³/mol. The van der Waals surface area contributed by atoms with Crippen LogP contribution >= 0.6 is 0 Å². The lowest BCUT2D eigenvalue weighted by Crippen LogP contribution is -2.18. The summed E-state index contributed by atoms with van der Waals surface area (Å²) in [5.41, 5.74) is 9.86. The standard InChI is InChI=1S/C13H18N2O/c1-2-10-8-15-6-5-12(10)13(14)11-4-3-7-16-9-11/h5-6,8-9,13H,2-4,7,14H2,1H3. The molecule has 1 aromatic heterocycles. The van der Waals surface area contributed by atoms with E-state index in [0.29, 0.717) is 0 Å². The zero-order valence-corrected chi connectivity index (χ0v) is 9.65. The molecule has 86 valence electrons. The van der Waals surface area contributed by atoms with Crippen molar-refractivity contribution in [3.8, 4) is 0 Å². The van der Waals surface area contributed by atoms with Gasteiger partial charge in [-0.3, -0.25) is 4.98 Å². The minimum Gasteiger partial charge on any atom is -0.501 e. The van der Waals surface area contributed by atoms with Gasteiger partial charge in [-0.1, -0.05) is 6.92 Å². The molecule has 0 aromatic carbocycles. The summed E-state index contributed by atoms with van der Waals surface area (Å²) in [5, 5.41) is 0. The fraction of sp³-hybridized carbons (Fsp3) is 0.462. The van der Waals surface area contributed by atoms with Crippen LogP contribution in [-0.4, -0.2) is 11.6 Å². The lowest BCUT2D eigenvalue weighted by atomic mass is 9.93. The number of nitrogens with two attached hydrogens (primary N) is 1. The van der Waals surface area contributed by atoms with Gasteiger partial charge < -0.3 is 10.5 Å². The molecule has 3 heteroatoms. The van der Waals surface area contributed by atoms with E-state index >= 15 is 0 Å². The Bertz CT molecular complexity index is 387. The van der Waals surface area contributed by atoms with Crippen LogP contribution in [-0.2, 0) is 11.2 Å². The number of aromatic nitrogens is 1. The van der Waals surface area contributed by atoms with Crippen molar-refractivity contribution in [2.45, 2.75) is 32.2 Å². The van der Waals surface area contributed by atoms with E-state index in [1.165, 1.54) is 16.7 Å². The van der Waals surface area contributed by atoms with Crippen molar-refractivity contribution in [1.29, 1.82) is 0 Å². The van der Waals surface area contributed by atoms with Crippen molar-refractivity contribution in [2.75, 3.05) is 6.61 Å². The molecule has 2 N–H and O–H groups in total. The molecule has 2 heterocycles. The van der Waals surface area contributed by atoms with Crippen LogP contribution in [0.15, 0.2) is 30.3 Å². The second-order valence-corrected chi connectivity index (χ2v) is 4.07. The van der Waals surface area contributed by atoms with E-state index in [0.717, 1.165) is 25.9 Å². The molecule has 1 aromatic rings. The van der Waals surface area contributed by atoms with Gasteiger partial charge in [0, 0.05) is 12.4 Å². The maximum absolute atomic E-state index is 6.27. The first-order valence-electron chi connectivity index (χ1n) is 5.82. The van der Waals surface area contributed by atoms with Crippen LogP contribution in [0.5, 0.6) is 0 Å². The molecule has 1 atom stereocenters. The molecule has 16 heavy (non-hydrogen) atoms. The van der Waals surface area contributed by atoms with Gasteiger partial charge in [0.15, 0.2) is 0 Å². The fourth-order valence-corrected chi connectivity index (χ4v) is 2.05. The van der Waals surface area contributed by atoms with E-state index in [1.807, 2.05) is 18.5 Å². The highest BCUT2D eigenvalue weighted by Crippen LogP contribution is 2.27. The fourth-order valence-electron chi connectivity index (χ4n) is 2.05. The number of ether oxygens (including phenoxy) is 1. The average molecular weight is 218 g/mol. The third-order valence-electron chi connectivity index (χ3n) is 3.02. The summed E-state index contributed by atoms with van der Waals surface area (Å²) in [6, 6.07) is 1.97. The van der Waals surface area contributed by atoms with Gasteiger partial charge >= 0.3 is 0 Å². The first-order chi connectivity index (χ1) is 7.83. The van der Waals surface area contributed by atoms with Crippen molar-refractivity contribution >= 4 is 0 Å². The minimum atomic E-state index is -0.0433. The second-order valence-electron chi connectivity index (χ2n) is 4.07. The number of nitrogens with zero attached hydrogens (tertiary/aromatic N) is 1. The summed E-state index contributed by atoms with van der Waals surface area (Å²) < 4.78 is 5.34. The Balaban J connectivity index is 2.25. The maximum atomic E-state index is 6.27. The monoisotopic (exact) mass is 218 g/mol. The minimum absolute atomic E-state index is 0.0433. The number of hydrogen-bond donors (Lipinski definition) is 1. The topological polar surface area (TPSA) is 48.1 Å². The largest absolute Gasteiger partial charge is 0.501 e. The molecule has 0 saturated carbocycles. The first kappa shape index (κ1) is 11.1. The molecule has 3 nitrogen and oxygen atoms in total. The van der Waals surface area contributed by atoms with Gasteiger partial charge in [0.1, 0.15) is 0 Å². The number of aryl methyl sites for hydroxylation is 1. The molecule has 1 aliphatic heterocycles. The van der Waals surface area contributed by atoms with Gasteiger partial charge in [0.05, 0.1) is 18.9 Å². The molecule has 2 rings (SSSR count). The van der Waals surface area contributed by atoms with Crippen molar-refractivity contribution in [2.24, 2.45) is 5.73 Å².